The fourth-order valence-electron chi connectivity index (χ4n) is 3.98. The second-order valence-electron chi connectivity index (χ2n) is 7.15. The van der Waals surface area contributed by atoms with E-state index in [2.05, 4.69) is 49.8 Å². The molecule has 2 heterocycles. The van der Waals surface area contributed by atoms with Crippen LogP contribution in [0.4, 0.5) is 11.4 Å². The molecule has 1 amide bonds. The Bertz CT molecular complexity index is 601. The molecule has 4 nitrogen and oxygen atoms in total. The molecule has 1 fully saturated rings. The number of hydrogen-bond donors (Lipinski definition) is 0. The molecule has 0 N–H and O–H groups in total. The molecular weight excluding hydrogens is 286 g/mol. The standard InChI is InChI=1S/C19H29N3O/c1-6-16-9-17-7-8-22(15(4)23)19(17)10-18(16)21-11-13(2)20(5)14(3)12-21/h9-10,13-14H,6-8,11-12H2,1-5H3. The Morgan fingerprint density at radius 3 is 2.39 bits per heavy atom. The number of carbonyl (C=O) groups excluding carboxylic acids is 1. The van der Waals surface area contributed by atoms with Crippen LogP contribution in [0.5, 0.6) is 0 Å². The van der Waals surface area contributed by atoms with Gasteiger partial charge in [0.2, 0.25) is 5.91 Å². The van der Waals surface area contributed by atoms with E-state index in [4.69, 9.17) is 0 Å². The predicted molar refractivity (Wildman–Crippen MR) is 96.5 cm³/mol. The number of fused-ring (bicyclic) bond motifs is 1. The quantitative estimate of drug-likeness (QED) is 0.839. The van der Waals surface area contributed by atoms with Crippen molar-refractivity contribution >= 4 is 17.3 Å². The summed E-state index contributed by atoms with van der Waals surface area (Å²) < 4.78 is 0. The second-order valence-corrected chi connectivity index (χ2v) is 7.15. The van der Waals surface area contributed by atoms with E-state index in [0.29, 0.717) is 12.1 Å². The van der Waals surface area contributed by atoms with Gasteiger partial charge in [-0.2, -0.15) is 0 Å². The first-order chi connectivity index (χ1) is 10.9. The topological polar surface area (TPSA) is 26.8 Å². The number of aryl methyl sites for hydroxylation is 1. The number of rotatable bonds is 2. The summed E-state index contributed by atoms with van der Waals surface area (Å²) in [7, 11) is 2.22. The van der Waals surface area contributed by atoms with Crippen molar-refractivity contribution in [2.45, 2.75) is 52.6 Å². The third-order valence-corrected chi connectivity index (χ3v) is 5.64. The number of anilines is 2. The van der Waals surface area contributed by atoms with Crippen molar-refractivity contribution in [2.75, 3.05) is 36.5 Å². The van der Waals surface area contributed by atoms with Crippen LogP contribution in [-0.4, -0.2) is 49.6 Å². The highest BCUT2D eigenvalue weighted by molar-refractivity contribution is 5.94. The minimum absolute atomic E-state index is 0.152. The van der Waals surface area contributed by atoms with Crippen molar-refractivity contribution in [1.29, 1.82) is 0 Å². The summed E-state index contributed by atoms with van der Waals surface area (Å²) in [6.07, 6.45) is 2.02. The number of carbonyl (C=O) groups is 1. The smallest absolute Gasteiger partial charge is 0.223 e. The maximum atomic E-state index is 11.9. The first kappa shape index (κ1) is 16.3. The molecule has 4 heteroatoms. The number of amides is 1. The van der Waals surface area contributed by atoms with E-state index in [1.807, 2.05) is 4.90 Å². The second kappa shape index (κ2) is 6.16. The molecule has 126 valence electrons. The van der Waals surface area contributed by atoms with Crippen LogP contribution in [-0.2, 0) is 17.6 Å². The van der Waals surface area contributed by atoms with Gasteiger partial charge in [0.25, 0.3) is 0 Å². The van der Waals surface area contributed by atoms with Gasteiger partial charge in [-0.05, 0) is 50.9 Å². The number of likely N-dealkylation sites (N-methyl/N-ethyl adjacent to an activating group) is 1. The fraction of sp³-hybridized carbons (Fsp3) is 0.632. The molecule has 0 aromatic heterocycles. The predicted octanol–water partition coefficient (Wildman–Crippen LogP) is 2.69. The largest absolute Gasteiger partial charge is 0.368 e. The summed E-state index contributed by atoms with van der Waals surface area (Å²) in [6.45, 7) is 11.4. The van der Waals surface area contributed by atoms with Crippen LogP contribution >= 0.6 is 0 Å². The van der Waals surface area contributed by atoms with E-state index >= 15 is 0 Å². The average molecular weight is 315 g/mol. The Morgan fingerprint density at radius 1 is 1.17 bits per heavy atom. The molecule has 2 unspecified atom stereocenters. The van der Waals surface area contributed by atoms with Gasteiger partial charge in [0, 0.05) is 50.0 Å². The maximum absolute atomic E-state index is 11.9. The van der Waals surface area contributed by atoms with Crippen molar-refractivity contribution in [2.24, 2.45) is 0 Å². The van der Waals surface area contributed by atoms with Crippen LogP contribution in [0.1, 0.15) is 38.8 Å². The van der Waals surface area contributed by atoms with Gasteiger partial charge in [0.15, 0.2) is 0 Å². The first-order valence-corrected chi connectivity index (χ1v) is 8.83. The van der Waals surface area contributed by atoms with Crippen molar-refractivity contribution < 1.29 is 4.79 Å². The zero-order chi connectivity index (χ0) is 16.7. The monoisotopic (exact) mass is 315 g/mol. The highest BCUT2D eigenvalue weighted by atomic mass is 16.2. The fourth-order valence-corrected chi connectivity index (χ4v) is 3.98. The van der Waals surface area contributed by atoms with Gasteiger partial charge in [-0.3, -0.25) is 9.69 Å². The number of nitrogens with zero attached hydrogens (tertiary/aromatic N) is 3. The van der Waals surface area contributed by atoms with Crippen LogP contribution in [0.3, 0.4) is 0 Å². The van der Waals surface area contributed by atoms with Crippen LogP contribution < -0.4 is 9.80 Å². The number of hydrogen-bond acceptors (Lipinski definition) is 3. The lowest BCUT2D eigenvalue weighted by Crippen LogP contribution is -2.55. The average Bonchev–Trinajstić information content (AvgIpc) is 2.93. The molecule has 1 aromatic carbocycles. The molecule has 0 spiro atoms. The first-order valence-electron chi connectivity index (χ1n) is 8.83. The molecule has 0 bridgehead atoms. The van der Waals surface area contributed by atoms with E-state index in [1.165, 1.54) is 16.8 Å². The van der Waals surface area contributed by atoms with E-state index in [0.717, 1.165) is 38.2 Å². The highest BCUT2D eigenvalue weighted by Gasteiger charge is 2.30. The molecule has 0 aliphatic carbocycles. The lowest BCUT2D eigenvalue weighted by atomic mass is 10.0. The summed E-state index contributed by atoms with van der Waals surface area (Å²) >= 11 is 0. The van der Waals surface area contributed by atoms with Gasteiger partial charge in [0.1, 0.15) is 0 Å². The summed E-state index contributed by atoms with van der Waals surface area (Å²) in [6, 6.07) is 5.69. The summed E-state index contributed by atoms with van der Waals surface area (Å²) in [4.78, 5) is 18.8. The molecule has 0 radical (unpaired) electrons. The van der Waals surface area contributed by atoms with Crippen molar-refractivity contribution in [1.82, 2.24) is 4.90 Å². The van der Waals surface area contributed by atoms with Gasteiger partial charge < -0.3 is 9.80 Å². The van der Waals surface area contributed by atoms with Crippen LogP contribution in [0, 0.1) is 0 Å². The molecule has 1 saturated heterocycles. The van der Waals surface area contributed by atoms with E-state index in [9.17, 15) is 4.79 Å². The molecule has 2 atom stereocenters. The Hall–Kier alpha value is -1.55. The minimum Gasteiger partial charge on any atom is -0.368 e. The molecular formula is C19H29N3O. The third kappa shape index (κ3) is 2.85. The van der Waals surface area contributed by atoms with Crippen molar-refractivity contribution in [3.05, 3.63) is 23.3 Å². The Morgan fingerprint density at radius 2 is 1.83 bits per heavy atom. The Labute approximate surface area is 140 Å². The van der Waals surface area contributed by atoms with Crippen LogP contribution in [0.15, 0.2) is 12.1 Å². The molecule has 2 aliphatic rings. The number of benzene rings is 1. The van der Waals surface area contributed by atoms with Gasteiger partial charge in [-0.25, -0.2) is 0 Å². The highest BCUT2D eigenvalue weighted by Crippen LogP contribution is 2.36. The normalized spacial score (nSPS) is 24.9. The Kier molecular flexibility index (Phi) is 4.37. The van der Waals surface area contributed by atoms with E-state index < -0.39 is 0 Å². The molecule has 1 aromatic rings. The van der Waals surface area contributed by atoms with Gasteiger partial charge in [-0.1, -0.05) is 13.0 Å². The van der Waals surface area contributed by atoms with E-state index in [1.54, 1.807) is 6.92 Å². The molecule has 0 saturated carbocycles. The van der Waals surface area contributed by atoms with Crippen molar-refractivity contribution in [3.8, 4) is 0 Å². The van der Waals surface area contributed by atoms with Crippen LogP contribution in [0.25, 0.3) is 0 Å². The molecule has 2 aliphatic heterocycles. The Balaban J connectivity index is 1.99. The van der Waals surface area contributed by atoms with Gasteiger partial charge in [-0.15, -0.1) is 0 Å². The zero-order valence-corrected chi connectivity index (χ0v) is 15.1. The van der Waals surface area contributed by atoms with Crippen molar-refractivity contribution in [3.63, 3.8) is 0 Å². The minimum atomic E-state index is 0.152. The third-order valence-electron chi connectivity index (χ3n) is 5.64. The maximum Gasteiger partial charge on any atom is 0.223 e. The number of piperazine rings is 1. The summed E-state index contributed by atoms with van der Waals surface area (Å²) in [5.74, 6) is 0.152. The van der Waals surface area contributed by atoms with E-state index in [-0.39, 0.29) is 5.91 Å². The lowest BCUT2D eigenvalue weighted by molar-refractivity contribution is -0.116. The van der Waals surface area contributed by atoms with Gasteiger partial charge in [0.05, 0.1) is 0 Å². The summed E-state index contributed by atoms with van der Waals surface area (Å²) in [5, 5.41) is 0. The van der Waals surface area contributed by atoms with Gasteiger partial charge >= 0.3 is 0 Å². The molecule has 23 heavy (non-hydrogen) atoms. The summed E-state index contributed by atoms with van der Waals surface area (Å²) in [5.41, 5.74) is 5.20. The zero-order valence-electron chi connectivity index (χ0n) is 15.1. The lowest BCUT2D eigenvalue weighted by Gasteiger charge is -2.44. The molecule has 3 rings (SSSR count). The van der Waals surface area contributed by atoms with Crippen LogP contribution in [0.2, 0.25) is 0 Å². The SMILES string of the molecule is CCc1cc2c(cc1N1CC(C)N(C)C(C)C1)N(C(C)=O)CC2.